The Morgan fingerprint density at radius 3 is 2.43 bits per heavy atom. The molecule has 1 atom stereocenters. The average molecular weight is 313 g/mol. The van der Waals surface area contributed by atoms with Crippen molar-refractivity contribution in [3.8, 4) is 0 Å². The van der Waals surface area contributed by atoms with Crippen molar-refractivity contribution in [3.63, 3.8) is 0 Å². The minimum Gasteiger partial charge on any atom is -0.463 e. The van der Waals surface area contributed by atoms with Crippen LogP contribution in [0.15, 0.2) is 29.2 Å². The van der Waals surface area contributed by atoms with E-state index < -0.39 is 27.3 Å². The molecule has 1 heterocycles. The van der Waals surface area contributed by atoms with E-state index in [9.17, 15) is 18.3 Å². The summed E-state index contributed by atoms with van der Waals surface area (Å²) in [5.74, 6) is -0.992. The number of aliphatic hydroxyl groups is 1. The largest absolute Gasteiger partial charge is 0.463 e. The lowest BCUT2D eigenvalue weighted by atomic mass is 9.98. The van der Waals surface area contributed by atoms with Gasteiger partial charge in [0, 0.05) is 11.1 Å². The molecule has 0 saturated carbocycles. The molecule has 1 aromatic carbocycles. The quantitative estimate of drug-likeness (QED) is 0.829. The van der Waals surface area contributed by atoms with Gasteiger partial charge in [-0.05, 0) is 33.8 Å². The fraction of sp³-hybridized carbons (Fsp3) is 0.500. The number of esters is 1. The number of fused-ring (bicyclic) bond motifs is 1. The third-order valence-electron chi connectivity index (χ3n) is 3.24. The summed E-state index contributed by atoms with van der Waals surface area (Å²) in [6, 6.07) is 5.93. The van der Waals surface area contributed by atoms with Crippen molar-refractivity contribution in [2.24, 2.45) is 0 Å². The van der Waals surface area contributed by atoms with Crippen LogP contribution >= 0.6 is 0 Å². The third-order valence-corrected chi connectivity index (χ3v) is 5.45. The average Bonchev–Trinajstić information content (AvgIpc) is 2.55. The van der Waals surface area contributed by atoms with Crippen molar-refractivity contribution in [1.29, 1.82) is 0 Å². The van der Waals surface area contributed by atoms with Gasteiger partial charge in [0.1, 0.15) is 0 Å². The first-order valence-corrected chi connectivity index (χ1v) is 8.06. The van der Waals surface area contributed by atoms with E-state index >= 15 is 0 Å². The fourth-order valence-electron chi connectivity index (χ4n) is 2.63. The minimum absolute atomic E-state index is 0.0263. The Labute approximate surface area is 124 Å². The van der Waals surface area contributed by atoms with Gasteiger partial charge >= 0.3 is 5.97 Å². The second-order valence-electron chi connectivity index (χ2n) is 5.83. The Hall–Kier alpha value is -1.44. The standard InChI is InChI=1S/C14H19NO5S/c1-5-20-12(16)14(17)10-8-6-7-9-11(10)21(18,19)15(14)13(2,3)4/h6-9,17H,5H2,1-4H3. The van der Waals surface area contributed by atoms with Crippen LogP contribution in [-0.4, -0.2) is 35.9 Å². The van der Waals surface area contributed by atoms with Gasteiger partial charge in [0.15, 0.2) is 0 Å². The normalized spacial score (nSPS) is 24.6. The van der Waals surface area contributed by atoms with E-state index in [1.807, 2.05) is 0 Å². The van der Waals surface area contributed by atoms with Gasteiger partial charge in [-0.1, -0.05) is 18.2 Å². The molecule has 0 spiro atoms. The van der Waals surface area contributed by atoms with Gasteiger partial charge in [-0.25, -0.2) is 13.2 Å². The first-order valence-electron chi connectivity index (χ1n) is 6.62. The zero-order valence-corrected chi connectivity index (χ0v) is 13.3. The number of carbonyl (C=O) groups excluding carboxylic acids is 1. The molecule has 1 aliphatic heterocycles. The highest BCUT2D eigenvalue weighted by Crippen LogP contribution is 2.47. The van der Waals surface area contributed by atoms with E-state index in [0.717, 1.165) is 4.31 Å². The van der Waals surface area contributed by atoms with Gasteiger partial charge in [0.25, 0.3) is 5.72 Å². The van der Waals surface area contributed by atoms with E-state index in [1.54, 1.807) is 39.8 Å². The summed E-state index contributed by atoms with van der Waals surface area (Å²) in [6.45, 7) is 6.47. The zero-order chi connectivity index (χ0) is 16.1. The SMILES string of the molecule is CCOC(=O)C1(O)c2ccccc2S(=O)(=O)N1C(C)(C)C. The minimum atomic E-state index is -3.99. The second kappa shape index (κ2) is 4.79. The summed E-state index contributed by atoms with van der Waals surface area (Å²) in [4.78, 5) is 12.2. The Bertz CT molecular complexity index is 677. The molecule has 6 nitrogen and oxygen atoms in total. The summed E-state index contributed by atoms with van der Waals surface area (Å²) in [5, 5.41) is 10.9. The molecule has 0 saturated heterocycles. The second-order valence-corrected chi connectivity index (χ2v) is 7.58. The molecule has 1 N–H and O–H groups in total. The number of benzene rings is 1. The number of ether oxygens (including phenoxy) is 1. The summed E-state index contributed by atoms with van der Waals surface area (Å²) in [7, 11) is -3.99. The van der Waals surface area contributed by atoms with E-state index in [4.69, 9.17) is 4.74 Å². The Kier molecular flexibility index (Phi) is 3.64. The maximum atomic E-state index is 12.7. The van der Waals surface area contributed by atoms with Gasteiger partial charge in [-0.2, -0.15) is 0 Å². The lowest BCUT2D eigenvalue weighted by molar-refractivity contribution is -0.187. The van der Waals surface area contributed by atoms with Crippen molar-refractivity contribution in [3.05, 3.63) is 29.8 Å². The molecule has 1 aromatic rings. The van der Waals surface area contributed by atoms with Crippen LogP contribution in [-0.2, 0) is 25.3 Å². The molecule has 2 rings (SSSR count). The van der Waals surface area contributed by atoms with Crippen LogP contribution in [0.4, 0.5) is 0 Å². The molecule has 0 radical (unpaired) electrons. The first kappa shape index (κ1) is 15.9. The number of nitrogens with zero attached hydrogens (tertiary/aromatic N) is 1. The van der Waals surface area contributed by atoms with Crippen LogP contribution < -0.4 is 0 Å². The van der Waals surface area contributed by atoms with Gasteiger partial charge < -0.3 is 9.84 Å². The monoisotopic (exact) mass is 313 g/mol. The molecule has 0 bridgehead atoms. The van der Waals surface area contributed by atoms with Gasteiger partial charge in [0.05, 0.1) is 11.5 Å². The molecule has 1 aliphatic rings. The van der Waals surface area contributed by atoms with E-state index in [-0.39, 0.29) is 17.1 Å². The molecule has 21 heavy (non-hydrogen) atoms. The Morgan fingerprint density at radius 2 is 1.90 bits per heavy atom. The molecular formula is C14H19NO5S. The highest BCUT2D eigenvalue weighted by atomic mass is 32.2. The topological polar surface area (TPSA) is 83.9 Å². The van der Waals surface area contributed by atoms with E-state index in [2.05, 4.69) is 0 Å². The van der Waals surface area contributed by atoms with Crippen molar-refractivity contribution in [1.82, 2.24) is 4.31 Å². The van der Waals surface area contributed by atoms with Crippen LogP contribution in [0, 0.1) is 0 Å². The number of hydrogen-bond donors (Lipinski definition) is 1. The number of rotatable bonds is 2. The lowest BCUT2D eigenvalue weighted by Crippen LogP contribution is -2.58. The highest BCUT2D eigenvalue weighted by Gasteiger charge is 2.62. The number of hydrogen-bond acceptors (Lipinski definition) is 5. The summed E-state index contributed by atoms with van der Waals surface area (Å²) in [6.07, 6.45) is 0. The van der Waals surface area contributed by atoms with Crippen molar-refractivity contribution in [2.45, 2.75) is 43.9 Å². The molecule has 0 aliphatic carbocycles. The predicted octanol–water partition coefficient (Wildman–Crippen LogP) is 1.20. The smallest absolute Gasteiger partial charge is 0.360 e. The van der Waals surface area contributed by atoms with Crippen LogP contribution in [0.1, 0.15) is 33.3 Å². The number of carbonyl (C=O) groups is 1. The number of sulfonamides is 1. The molecule has 1 unspecified atom stereocenters. The summed E-state index contributed by atoms with van der Waals surface area (Å²) >= 11 is 0. The van der Waals surface area contributed by atoms with E-state index in [0.29, 0.717) is 0 Å². The first-order chi connectivity index (χ1) is 9.57. The molecule has 0 amide bonds. The van der Waals surface area contributed by atoms with Crippen LogP contribution in [0.25, 0.3) is 0 Å². The third kappa shape index (κ3) is 2.16. The maximum Gasteiger partial charge on any atom is 0.360 e. The Morgan fingerprint density at radius 1 is 1.33 bits per heavy atom. The Balaban J connectivity index is 2.79. The van der Waals surface area contributed by atoms with E-state index in [1.165, 1.54) is 12.1 Å². The van der Waals surface area contributed by atoms with Gasteiger partial charge in [-0.3, -0.25) is 0 Å². The maximum absolute atomic E-state index is 12.7. The molecule has 116 valence electrons. The van der Waals surface area contributed by atoms with Crippen molar-refractivity contribution < 1.29 is 23.1 Å². The highest BCUT2D eigenvalue weighted by molar-refractivity contribution is 7.89. The summed E-state index contributed by atoms with van der Waals surface area (Å²) < 4.78 is 31.2. The van der Waals surface area contributed by atoms with Crippen LogP contribution in [0.3, 0.4) is 0 Å². The lowest BCUT2D eigenvalue weighted by Gasteiger charge is -2.39. The van der Waals surface area contributed by atoms with Crippen LogP contribution in [0.5, 0.6) is 0 Å². The molecular weight excluding hydrogens is 294 g/mol. The molecule has 0 aromatic heterocycles. The summed E-state index contributed by atoms with van der Waals surface area (Å²) in [5.41, 5.74) is -3.32. The van der Waals surface area contributed by atoms with Gasteiger partial charge in [0.2, 0.25) is 10.0 Å². The van der Waals surface area contributed by atoms with Crippen molar-refractivity contribution >= 4 is 16.0 Å². The molecule has 7 heteroatoms. The zero-order valence-electron chi connectivity index (χ0n) is 12.5. The molecule has 0 fully saturated rings. The van der Waals surface area contributed by atoms with Crippen molar-refractivity contribution in [2.75, 3.05) is 6.61 Å². The van der Waals surface area contributed by atoms with Gasteiger partial charge in [-0.15, -0.1) is 4.31 Å². The predicted molar refractivity (Wildman–Crippen MR) is 75.7 cm³/mol. The fourth-order valence-corrected chi connectivity index (χ4v) is 4.81. The van der Waals surface area contributed by atoms with Crippen LogP contribution in [0.2, 0.25) is 0 Å².